The van der Waals surface area contributed by atoms with Gasteiger partial charge in [0.25, 0.3) is 5.91 Å². The first-order valence-corrected chi connectivity index (χ1v) is 8.84. The number of benzene rings is 2. The third-order valence-corrected chi connectivity index (χ3v) is 5.65. The Hall–Kier alpha value is -2.49. The number of amides is 1. The second-order valence-corrected chi connectivity index (χ2v) is 7.39. The number of hydrogen-bond donors (Lipinski definition) is 0. The molecule has 0 atom stereocenters. The van der Waals surface area contributed by atoms with E-state index in [1.807, 2.05) is 0 Å². The lowest BCUT2D eigenvalue weighted by Gasteiger charge is -2.36. The van der Waals surface area contributed by atoms with Gasteiger partial charge in [0.05, 0.1) is 24.3 Å². The summed E-state index contributed by atoms with van der Waals surface area (Å²) in [6.07, 6.45) is 5.24. The van der Waals surface area contributed by atoms with Crippen molar-refractivity contribution in [3.63, 3.8) is 0 Å². The van der Waals surface area contributed by atoms with Crippen molar-refractivity contribution in [2.24, 2.45) is 0 Å². The summed E-state index contributed by atoms with van der Waals surface area (Å²) in [5.41, 5.74) is 1.38. The van der Waals surface area contributed by atoms with E-state index in [0.717, 1.165) is 5.56 Å². The molecule has 0 spiro atoms. The lowest BCUT2D eigenvalue weighted by molar-refractivity contribution is 0.0869. The minimum Gasteiger partial charge on any atom is -0.268 e. The summed E-state index contributed by atoms with van der Waals surface area (Å²) in [4.78, 5) is 12.5. The molecule has 0 radical (unpaired) electrons. The highest BCUT2D eigenvalue weighted by molar-refractivity contribution is 7.91. The smallest absolute Gasteiger partial charge is 0.268 e. The van der Waals surface area contributed by atoms with Gasteiger partial charge in [-0.25, -0.2) is 8.61 Å². The van der Waals surface area contributed by atoms with Crippen LogP contribution in [0, 0.1) is 12.3 Å². The van der Waals surface area contributed by atoms with Crippen molar-refractivity contribution in [1.82, 2.24) is 4.31 Å². The molecule has 0 aliphatic carbocycles. The summed E-state index contributed by atoms with van der Waals surface area (Å²) in [5.74, 6) is 1.61. The van der Waals surface area contributed by atoms with Crippen molar-refractivity contribution in [1.29, 1.82) is 0 Å². The summed E-state index contributed by atoms with van der Waals surface area (Å²) in [7, 11) is -4.06. The molecule has 1 heterocycles. The second-order valence-electron chi connectivity index (χ2n) is 5.17. The molecule has 3 rings (SSSR count). The van der Waals surface area contributed by atoms with E-state index in [1.54, 1.807) is 48.5 Å². The largest absolute Gasteiger partial charge is 0.330 e. The number of fused-ring (bicyclic) bond motifs is 1. The Morgan fingerprint density at radius 2 is 1.71 bits per heavy atom. The monoisotopic (exact) mass is 360 g/mol. The standard InChI is InChI=1S/C17H13ClN2O3S/c1-2-11-19-17(21)15-5-3-4-6-16(15)20(24(19,22)23)12-13-7-9-14(18)10-8-13/h1,3-10H,11-12H2. The first-order chi connectivity index (χ1) is 11.4. The van der Waals surface area contributed by atoms with Crippen molar-refractivity contribution < 1.29 is 13.2 Å². The van der Waals surface area contributed by atoms with Crippen LogP contribution < -0.4 is 4.31 Å². The van der Waals surface area contributed by atoms with Crippen LogP contribution in [0.25, 0.3) is 0 Å². The fourth-order valence-electron chi connectivity index (χ4n) is 2.51. The lowest BCUT2D eigenvalue weighted by Crippen LogP contribution is -2.51. The Labute approximate surface area is 145 Å². The molecular formula is C17H13ClN2O3S. The van der Waals surface area contributed by atoms with Gasteiger partial charge in [-0.1, -0.05) is 41.8 Å². The average Bonchev–Trinajstić information content (AvgIpc) is 2.57. The molecule has 1 aliphatic rings. The molecule has 5 nitrogen and oxygen atoms in total. The van der Waals surface area contributed by atoms with Crippen molar-refractivity contribution in [3.8, 4) is 12.3 Å². The van der Waals surface area contributed by atoms with Gasteiger partial charge in [0.2, 0.25) is 0 Å². The lowest BCUT2D eigenvalue weighted by atomic mass is 10.1. The highest BCUT2D eigenvalue weighted by Crippen LogP contribution is 2.33. The van der Waals surface area contributed by atoms with E-state index < -0.39 is 16.1 Å². The van der Waals surface area contributed by atoms with Crippen LogP contribution >= 0.6 is 11.6 Å². The van der Waals surface area contributed by atoms with Crippen molar-refractivity contribution in [2.75, 3.05) is 10.8 Å². The predicted octanol–water partition coefficient (Wildman–Crippen LogP) is 2.68. The Balaban J connectivity index is 2.11. The molecule has 1 aliphatic heterocycles. The number of anilines is 1. The molecule has 122 valence electrons. The van der Waals surface area contributed by atoms with Crippen LogP contribution in [0.3, 0.4) is 0 Å². The van der Waals surface area contributed by atoms with Crippen LogP contribution in [0.1, 0.15) is 15.9 Å². The fourth-order valence-corrected chi connectivity index (χ4v) is 4.14. The molecule has 0 aromatic heterocycles. The van der Waals surface area contributed by atoms with Crippen molar-refractivity contribution >= 4 is 33.4 Å². The van der Waals surface area contributed by atoms with Crippen molar-refractivity contribution in [2.45, 2.75) is 6.54 Å². The number of nitrogens with zero attached hydrogens (tertiary/aromatic N) is 2. The van der Waals surface area contributed by atoms with E-state index >= 15 is 0 Å². The molecule has 0 saturated heterocycles. The summed E-state index contributed by atoms with van der Waals surface area (Å²) < 4.78 is 27.6. The number of rotatable bonds is 3. The van der Waals surface area contributed by atoms with Crippen LogP contribution in [0.2, 0.25) is 5.02 Å². The predicted molar refractivity (Wildman–Crippen MR) is 92.9 cm³/mol. The van der Waals surface area contributed by atoms with Gasteiger partial charge in [-0.3, -0.25) is 4.79 Å². The van der Waals surface area contributed by atoms with Crippen LogP contribution in [0.5, 0.6) is 0 Å². The maximum absolute atomic E-state index is 12.9. The van der Waals surface area contributed by atoms with Crippen LogP contribution in [0.15, 0.2) is 48.5 Å². The van der Waals surface area contributed by atoms with Gasteiger partial charge in [-0.15, -0.1) is 6.42 Å². The van der Waals surface area contributed by atoms with E-state index in [2.05, 4.69) is 5.92 Å². The maximum Gasteiger partial charge on any atom is 0.330 e. The molecule has 2 aromatic carbocycles. The third-order valence-electron chi connectivity index (χ3n) is 3.66. The zero-order chi connectivity index (χ0) is 17.3. The molecule has 0 unspecified atom stereocenters. The van der Waals surface area contributed by atoms with E-state index in [1.165, 1.54) is 4.31 Å². The fraction of sp³-hybridized carbons (Fsp3) is 0.118. The SMILES string of the molecule is C#CCN1C(=O)c2ccccc2N(Cc2ccc(Cl)cc2)S1(=O)=O. The molecule has 24 heavy (non-hydrogen) atoms. The Morgan fingerprint density at radius 3 is 2.38 bits per heavy atom. The number of para-hydroxylation sites is 1. The van der Waals surface area contributed by atoms with Crippen molar-refractivity contribution in [3.05, 3.63) is 64.7 Å². The normalized spacial score (nSPS) is 15.8. The van der Waals surface area contributed by atoms with Gasteiger partial charge in [-0.2, -0.15) is 8.42 Å². The first kappa shape index (κ1) is 16.4. The van der Waals surface area contributed by atoms with Crippen LogP contribution in [-0.4, -0.2) is 25.2 Å². The van der Waals surface area contributed by atoms with Gasteiger partial charge in [-0.05, 0) is 29.8 Å². The topological polar surface area (TPSA) is 57.7 Å². The zero-order valence-electron chi connectivity index (χ0n) is 12.5. The maximum atomic E-state index is 12.9. The minimum atomic E-state index is -4.06. The molecule has 0 saturated carbocycles. The van der Waals surface area contributed by atoms with Gasteiger partial charge >= 0.3 is 10.2 Å². The van der Waals surface area contributed by atoms with Crippen LogP contribution in [0.4, 0.5) is 5.69 Å². The summed E-state index contributed by atoms with van der Waals surface area (Å²) >= 11 is 5.87. The van der Waals surface area contributed by atoms with Gasteiger partial charge in [0, 0.05) is 5.02 Å². The Kier molecular flexibility index (Phi) is 4.22. The minimum absolute atomic E-state index is 0.0743. The summed E-state index contributed by atoms with van der Waals surface area (Å²) in [5, 5.41) is 0.560. The molecule has 0 fully saturated rings. The number of hydrogen-bond acceptors (Lipinski definition) is 3. The molecule has 2 aromatic rings. The summed E-state index contributed by atoms with van der Waals surface area (Å²) in [6, 6.07) is 13.4. The number of carbonyl (C=O) groups excluding carboxylic acids is 1. The van der Waals surface area contributed by atoms with E-state index in [9.17, 15) is 13.2 Å². The second kappa shape index (κ2) is 6.19. The van der Waals surface area contributed by atoms with Gasteiger partial charge < -0.3 is 0 Å². The molecular weight excluding hydrogens is 348 g/mol. The Bertz CT molecular complexity index is 933. The van der Waals surface area contributed by atoms with E-state index in [-0.39, 0.29) is 13.1 Å². The van der Waals surface area contributed by atoms with Gasteiger partial charge in [0.1, 0.15) is 0 Å². The molecule has 1 amide bonds. The quantitative estimate of drug-likeness (QED) is 0.791. The third kappa shape index (κ3) is 2.73. The molecule has 0 bridgehead atoms. The van der Waals surface area contributed by atoms with Crippen LogP contribution in [-0.2, 0) is 16.8 Å². The highest BCUT2D eigenvalue weighted by atomic mass is 35.5. The number of terminal acetylenes is 1. The molecule has 7 heteroatoms. The zero-order valence-corrected chi connectivity index (χ0v) is 14.1. The number of halogens is 1. The number of carbonyl (C=O) groups is 1. The average molecular weight is 361 g/mol. The first-order valence-electron chi connectivity index (χ1n) is 7.07. The highest BCUT2D eigenvalue weighted by Gasteiger charge is 2.41. The Morgan fingerprint density at radius 1 is 1.04 bits per heavy atom. The molecule has 0 N–H and O–H groups in total. The van der Waals surface area contributed by atoms with E-state index in [0.29, 0.717) is 20.6 Å². The van der Waals surface area contributed by atoms with Gasteiger partial charge in [0.15, 0.2) is 0 Å². The summed E-state index contributed by atoms with van der Waals surface area (Å²) in [6.45, 7) is -0.239. The van der Waals surface area contributed by atoms with E-state index in [4.69, 9.17) is 18.0 Å².